The lowest BCUT2D eigenvalue weighted by Gasteiger charge is -2.45. The van der Waals surface area contributed by atoms with E-state index in [-0.39, 0.29) is 17.9 Å². The van der Waals surface area contributed by atoms with E-state index in [1.165, 1.54) is 14.0 Å². The number of ether oxygens (including phenoxy) is 2. The molecule has 3 atom stereocenters. The lowest BCUT2D eigenvalue weighted by Crippen LogP contribution is -2.73. The van der Waals surface area contributed by atoms with Gasteiger partial charge in [0.1, 0.15) is 11.7 Å². The lowest BCUT2D eigenvalue weighted by molar-refractivity contribution is -0.292. The summed E-state index contributed by atoms with van der Waals surface area (Å²) in [7, 11) is 1.36. The molecule has 1 heterocycles. The molecule has 2 aromatic rings. The van der Waals surface area contributed by atoms with Crippen molar-refractivity contribution in [3.63, 3.8) is 0 Å². The highest BCUT2D eigenvalue weighted by Gasteiger charge is 2.66. The van der Waals surface area contributed by atoms with Crippen LogP contribution >= 0.6 is 12.2 Å². The summed E-state index contributed by atoms with van der Waals surface area (Å²) >= 11 is 4.93. The van der Waals surface area contributed by atoms with Crippen LogP contribution in [0.2, 0.25) is 0 Å². The van der Waals surface area contributed by atoms with E-state index in [1.807, 2.05) is 5.32 Å². The molecule has 0 radical (unpaired) electrons. The normalized spacial score (nSPS) is 24.6. The Morgan fingerprint density at radius 1 is 1.28 bits per heavy atom. The molecule has 1 saturated heterocycles. The third-order valence-electron chi connectivity index (χ3n) is 4.81. The molecule has 1 fully saturated rings. The first kappa shape index (κ1) is 21.1. The number of nitrogens with one attached hydrogen (secondary N) is 2. The minimum Gasteiger partial charge on any atom is -0.496 e. The summed E-state index contributed by atoms with van der Waals surface area (Å²) < 4.78 is 51.9. The molecular weight excluding hydrogens is 409 g/mol. The SMILES string of the molecule is CCOC(=O)C1C(c2c(OC)ccc3ccccc23)NC(=S)NC1(O)C(F)(F)F. The number of methoxy groups -OCH3 is 1. The number of carbonyl (C=O) groups excluding carboxylic acids is 1. The summed E-state index contributed by atoms with van der Waals surface area (Å²) in [5, 5.41) is 15.9. The second-order valence-electron chi connectivity index (χ2n) is 6.47. The first-order valence-corrected chi connectivity index (χ1v) is 9.15. The van der Waals surface area contributed by atoms with Crippen molar-refractivity contribution in [3.05, 3.63) is 42.0 Å². The Hall–Kier alpha value is -2.59. The number of fused-ring (bicyclic) bond motifs is 1. The highest BCUT2D eigenvalue weighted by atomic mass is 32.1. The second kappa shape index (κ2) is 7.68. The molecule has 29 heavy (non-hydrogen) atoms. The topological polar surface area (TPSA) is 79.8 Å². The van der Waals surface area contributed by atoms with E-state index in [2.05, 4.69) is 5.32 Å². The van der Waals surface area contributed by atoms with Crippen LogP contribution in [0.25, 0.3) is 10.8 Å². The Morgan fingerprint density at radius 2 is 1.97 bits per heavy atom. The molecule has 0 amide bonds. The van der Waals surface area contributed by atoms with E-state index in [1.54, 1.807) is 36.4 Å². The molecule has 2 aromatic carbocycles. The number of hydrogen-bond acceptors (Lipinski definition) is 5. The van der Waals surface area contributed by atoms with Gasteiger partial charge in [0, 0.05) is 5.56 Å². The summed E-state index contributed by atoms with van der Waals surface area (Å²) in [4.78, 5) is 12.6. The second-order valence-corrected chi connectivity index (χ2v) is 6.88. The summed E-state index contributed by atoms with van der Waals surface area (Å²) in [5.74, 6) is -3.08. The van der Waals surface area contributed by atoms with Crippen LogP contribution in [0.1, 0.15) is 18.5 Å². The number of benzene rings is 2. The number of halogens is 3. The van der Waals surface area contributed by atoms with Gasteiger partial charge in [0.2, 0.25) is 0 Å². The number of rotatable bonds is 4. The van der Waals surface area contributed by atoms with Gasteiger partial charge in [0.15, 0.2) is 5.11 Å². The molecule has 6 nitrogen and oxygen atoms in total. The van der Waals surface area contributed by atoms with Gasteiger partial charge in [-0.1, -0.05) is 30.3 Å². The van der Waals surface area contributed by atoms with Gasteiger partial charge in [-0.15, -0.1) is 0 Å². The van der Waals surface area contributed by atoms with Gasteiger partial charge in [-0.25, -0.2) is 0 Å². The van der Waals surface area contributed by atoms with E-state index in [0.29, 0.717) is 10.8 Å². The molecule has 3 rings (SSSR count). The Kier molecular flexibility index (Phi) is 5.59. The smallest absolute Gasteiger partial charge is 0.437 e. The van der Waals surface area contributed by atoms with Crippen LogP contribution in [0, 0.1) is 5.92 Å². The molecule has 1 aliphatic heterocycles. The van der Waals surface area contributed by atoms with Crippen LogP contribution in [-0.2, 0) is 9.53 Å². The molecule has 0 saturated carbocycles. The molecule has 156 valence electrons. The number of alkyl halides is 3. The predicted octanol–water partition coefficient (Wildman–Crippen LogP) is 2.80. The van der Waals surface area contributed by atoms with Crippen molar-refractivity contribution >= 4 is 34.1 Å². The van der Waals surface area contributed by atoms with E-state index in [0.717, 1.165) is 0 Å². The minimum atomic E-state index is -5.22. The Balaban J connectivity index is 2.29. The Bertz CT molecular complexity index is 953. The van der Waals surface area contributed by atoms with E-state index in [4.69, 9.17) is 21.7 Å². The number of aliphatic hydroxyl groups is 1. The highest BCUT2D eigenvalue weighted by Crippen LogP contribution is 2.46. The van der Waals surface area contributed by atoms with Gasteiger partial charge in [0.25, 0.3) is 5.72 Å². The maximum atomic E-state index is 13.9. The van der Waals surface area contributed by atoms with Crippen molar-refractivity contribution in [3.8, 4) is 5.75 Å². The summed E-state index contributed by atoms with van der Waals surface area (Å²) in [5.41, 5.74) is -3.37. The number of esters is 1. The molecule has 0 aromatic heterocycles. The fourth-order valence-corrected chi connectivity index (χ4v) is 3.83. The van der Waals surface area contributed by atoms with E-state index >= 15 is 0 Å². The zero-order valence-electron chi connectivity index (χ0n) is 15.5. The van der Waals surface area contributed by atoms with E-state index in [9.17, 15) is 23.1 Å². The Morgan fingerprint density at radius 3 is 2.59 bits per heavy atom. The fraction of sp³-hybridized carbons (Fsp3) is 0.368. The lowest BCUT2D eigenvalue weighted by atomic mass is 9.80. The molecule has 3 unspecified atom stereocenters. The average molecular weight is 428 g/mol. The first-order valence-electron chi connectivity index (χ1n) is 8.74. The van der Waals surface area contributed by atoms with Gasteiger partial charge in [-0.3, -0.25) is 4.79 Å². The zero-order chi connectivity index (χ0) is 21.4. The van der Waals surface area contributed by atoms with Gasteiger partial charge >= 0.3 is 12.1 Å². The standard InChI is InChI=1S/C19H19F3N2O4S/c1-3-28-16(25)14-15(23-17(29)24-18(14,26)19(20,21)22)13-11-7-5-4-6-10(11)8-9-12(13)27-2/h4-9,14-15,26H,3H2,1-2H3,(H2,23,24,29). The molecule has 3 N–H and O–H groups in total. The molecule has 10 heteroatoms. The van der Waals surface area contributed by atoms with Crippen molar-refractivity contribution < 1.29 is 32.5 Å². The minimum absolute atomic E-state index is 0.160. The van der Waals surface area contributed by atoms with Gasteiger partial charge in [0.05, 0.1) is 19.8 Å². The van der Waals surface area contributed by atoms with Crippen molar-refractivity contribution in [2.24, 2.45) is 5.92 Å². The summed E-state index contributed by atoms with van der Waals surface area (Å²) in [6.45, 7) is 1.31. The quantitative estimate of drug-likeness (QED) is 0.511. The van der Waals surface area contributed by atoms with Gasteiger partial charge < -0.3 is 25.2 Å². The Labute approximate surface area is 170 Å². The number of carbonyl (C=O) groups is 1. The van der Waals surface area contributed by atoms with Crippen molar-refractivity contribution in [2.75, 3.05) is 13.7 Å². The van der Waals surface area contributed by atoms with Gasteiger partial charge in [-0.05, 0) is 36.0 Å². The van der Waals surface area contributed by atoms with Crippen LogP contribution in [0.3, 0.4) is 0 Å². The summed E-state index contributed by atoms with van der Waals surface area (Å²) in [6, 6.07) is 8.90. The average Bonchev–Trinajstić information content (AvgIpc) is 2.65. The monoisotopic (exact) mass is 428 g/mol. The fourth-order valence-electron chi connectivity index (χ4n) is 3.55. The first-order chi connectivity index (χ1) is 13.6. The van der Waals surface area contributed by atoms with Crippen LogP contribution in [0.5, 0.6) is 5.75 Å². The number of hydrogen-bond donors (Lipinski definition) is 3. The van der Waals surface area contributed by atoms with Crippen molar-refractivity contribution in [1.29, 1.82) is 0 Å². The van der Waals surface area contributed by atoms with Crippen LogP contribution in [0.15, 0.2) is 36.4 Å². The van der Waals surface area contributed by atoms with Crippen LogP contribution < -0.4 is 15.4 Å². The van der Waals surface area contributed by atoms with Crippen molar-refractivity contribution in [2.45, 2.75) is 24.9 Å². The molecule has 0 spiro atoms. The summed E-state index contributed by atoms with van der Waals surface area (Å²) in [6.07, 6.45) is -5.22. The third kappa shape index (κ3) is 3.58. The molecule has 0 bridgehead atoms. The van der Waals surface area contributed by atoms with E-state index < -0.39 is 34.9 Å². The third-order valence-corrected chi connectivity index (χ3v) is 5.03. The van der Waals surface area contributed by atoms with Crippen LogP contribution in [-0.4, -0.2) is 41.8 Å². The van der Waals surface area contributed by atoms with Gasteiger partial charge in [-0.2, -0.15) is 13.2 Å². The van der Waals surface area contributed by atoms with Crippen LogP contribution in [0.4, 0.5) is 13.2 Å². The highest BCUT2D eigenvalue weighted by molar-refractivity contribution is 7.80. The maximum Gasteiger partial charge on any atom is 0.437 e. The zero-order valence-corrected chi connectivity index (χ0v) is 16.4. The maximum absolute atomic E-state index is 13.9. The van der Waals surface area contributed by atoms with Crippen molar-refractivity contribution in [1.82, 2.24) is 10.6 Å². The largest absolute Gasteiger partial charge is 0.496 e. The predicted molar refractivity (Wildman–Crippen MR) is 103 cm³/mol. The number of thiocarbonyl (C=S) groups is 1. The molecule has 1 aliphatic rings. The molecule has 0 aliphatic carbocycles. The molecular formula is C19H19F3N2O4S.